The van der Waals surface area contributed by atoms with Gasteiger partial charge in [0.2, 0.25) is 0 Å². The zero-order valence-electron chi connectivity index (χ0n) is 10.6. The van der Waals surface area contributed by atoms with Crippen molar-refractivity contribution in [2.75, 3.05) is 6.54 Å². The number of benzene rings is 1. The molecular weight excluding hydrogens is 308 g/mol. The molecule has 6 heteroatoms. The summed E-state index contributed by atoms with van der Waals surface area (Å²) in [7, 11) is 0. The lowest BCUT2D eigenvalue weighted by Gasteiger charge is -2.09. The standard InChI is InChI=1S/C13H15BrN4O/c1-2-10-3-4-11(14)9-12(10)13(19)15-5-7-18-8-6-16-17-18/h3-4,6,8-9H,2,5,7H2,1H3,(H,15,19). The molecule has 0 atom stereocenters. The minimum atomic E-state index is -0.0572. The lowest BCUT2D eigenvalue weighted by atomic mass is 10.0. The van der Waals surface area contributed by atoms with Crippen molar-refractivity contribution >= 4 is 21.8 Å². The van der Waals surface area contributed by atoms with Gasteiger partial charge in [-0.25, -0.2) is 0 Å². The van der Waals surface area contributed by atoms with Crippen LogP contribution in [0.2, 0.25) is 0 Å². The Kier molecular flexibility index (Phi) is 4.68. The molecule has 19 heavy (non-hydrogen) atoms. The summed E-state index contributed by atoms with van der Waals surface area (Å²) in [4.78, 5) is 12.1. The van der Waals surface area contributed by atoms with E-state index in [1.165, 1.54) is 0 Å². The van der Waals surface area contributed by atoms with Gasteiger partial charge in [0.25, 0.3) is 5.91 Å². The molecule has 0 aliphatic carbocycles. The quantitative estimate of drug-likeness (QED) is 0.916. The molecular formula is C13H15BrN4O. The highest BCUT2D eigenvalue weighted by Crippen LogP contribution is 2.17. The van der Waals surface area contributed by atoms with Crippen LogP contribution < -0.4 is 5.32 Å². The minimum absolute atomic E-state index is 0.0572. The van der Waals surface area contributed by atoms with E-state index in [0.717, 1.165) is 22.0 Å². The molecule has 2 aromatic rings. The molecule has 0 saturated heterocycles. The molecule has 0 spiro atoms. The number of halogens is 1. The van der Waals surface area contributed by atoms with Crippen LogP contribution in [0.3, 0.4) is 0 Å². The summed E-state index contributed by atoms with van der Waals surface area (Å²) in [6.45, 7) is 3.18. The predicted octanol–water partition coefficient (Wildman–Crippen LogP) is 2.03. The first-order valence-electron chi connectivity index (χ1n) is 6.11. The number of aromatic nitrogens is 3. The molecule has 0 unspecified atom stereocenters. The number of nitrogens with zero attached hydrogens (tertiary/aromatic N) is 3. The zero-order valence-corrected chi connectivity index (χ0v) is 12.2. The second-order valence-electron chi connectivity index (χ2n) is 4.08. The summed E-state index contributed by atoms with van der Waals surface area (Å²) in [5.41, 5.74) is 1.76. The van der Waals surface area contributed by atoms with Crippen molar-refractivity contribution in [3.8, 4) is 0 Å². The lowest BCUT2D eigenvalue weighted by Crippen LogP contribution is -2.28. The highest BCUT2D eigenvalue weighted by atomic mass is 79.9. The Morgan fingerprint density at radius 2 is 2.32 bits per heavy atom. The van der Waals surface area contributed by atoms with E-state index in [1.54, 1.807) is 17.1 Å². The van der Waals surface area contributed by atoms with Crippen molar-refractivity contribution in [1.29, 1.82) is 0 Å². The molecule has 1 heterocycles. The summed E-state index contributed by atoms with van der Waals surface area (Å²) in [6, 6.07) is 5.77. The number of nitrogens with one attached hydrogen (secondary N) is 1. The van der Waals surface area contributed by atoms with Crippen molar-refractivity contribution in [2.45, 2.75) is 19.9 Å². The Bertz CT molecular complexity index is 554. The molecule has 0 aliphatic heterocycles. The summed E-state index contributed by atoms with van der Waals surface area (Å²) >= 11 is 3.39. The smallest absolute Gasteiger partial charge is 0.251 e. The average molecular weight is 323 g/mol. The third kappa shape index (κ3) is 3.64. The molecule has 100 valence electrons. The minimum Gasteiger partial charge on any atom is -0.350 e. The molecule has 0 saturated carbocycles. The zero-order chi connectivity index (χ0) is 13.7. The second-order valence-corrected chi connectivity index (χ2v) is 4.99. The average Bonchev–Trinajstić information content (AvgIpc) is 2.91. The van der Waals surface area contributed by atoms with Crippen LogP contribution in [0.4, 0.5) is 0 Å². The normalized spacial score (nSPS) is 10.4. The van der Waals surface area contributed by atoms with Gasteiger partial charge in [-0.2, -0.15) is 0 Å². The lowest BCUT2D eigenvalue weighted by molar-refractivity contribution is 0.0951. The molecule has 0 aliphatic rings. The van der Waals surface area contributed by atoms with E-state index in [1.807, 2.05) is 25.1 Å². The summed E-state index contributed by atoms with van der Waals surface area (Å²) in [6.07, 6.45) is 4.22. The van der Waals surface area contributed by atoms with E-state index in [0.29, 0.717) is 13.1 Å². The van der Waals surface area contributed by atoms with E-state index >= 15 is 0 Å². The SMILES string of the molecule is CCc1ccc(Br)cc1C(=O)NCCn1ccnn1. The van der Waals surface area contributed by atoms with Gasteiger partial charge in [0.15, 0.2) is 0 Å². The predicted molar refractivity (Wildman–Crippen MR) is 75.9 cm³/mol. The first-order chi connectivity index (χ1) is 9.20. The van der Waals surface area contributed by atoms with E-state index < -0.39 is 0 Å². The Morgan fingerprint density at radius 3 is 3.00 bits per heavy atom. The van der Waals surface area contributed by atoms with Crippen molar-refractivity contribution in [3.63, 3.8) is 0 Å². The maximum absolute atomic E-state index is 12.1. The van der Waals surface area contributed by atoms with Crippen molar-refractivity contribution in [2.24, 2.45) is 0 Å². The van der Waals surface area contributed by atoms with E-state index in [4.69, 9.17) is 0 Å². The van der Waals surface area contributed by atoms with Gasteiger partial charge in [-0.3, -0.25) is 9.48 Å². The van der Waals surface area contributed by atoms with Crippen molar-refractivity contribution in [1.82, 2.24) is 20.3 Å². The van der Waals surface area contributed by atoms with Gasteiger partial charge < -0.3 is 5.32 Å². The number of carbonyl (C=O) groups excluding carboxylic acids is 1. The third-order valence-electron chi connectivity index (χ3n) is 2.80. The van der Waals surface area contributed by atoms with Gasteiger partial charge in [0.05, 0.1) is 12.7 Å². The Balaban J connectivity index is 1.97. The van der Waals surface area contributed by atoms with E-state index in [-0.39, 0.29) is 5.91 Å². The molecule has 1 aromatic heterocycles. The Hall–Kier alpha value is -1.69. The summed E-state index contributed by atoms with van der Waals surface area (Å²) in [5, 5.41) is 10.4. The van der Waals surface area contributed by atoms with Crippen LogP contribution in [0.5, 0.6) is 0 Å². The largest absolute Gasteiger partial charge is 0.350 e. The highest BCUT2D eigenvalue weighted by Gasteiger charge is 2.10. The number of rotatable bonds is 5. The van der Waals surface area contributed by atoms with Crippen LogP contribution in [0.1, 0.15) is 22.8 Å². The molecule has 1 aromatic carbocycles. The molecule has 2 rings (SSSR count). The maximum Gasteiger partial charge on any atom is 0.251 e. The van der Waals surface area contributed by atoms with Crippen LogP contribution in [-0.4, -0.2) is 27.4 Å². The van der Waals surface area contributed by atoms with Crippen LogP contribution in [0, 0.1) is 0 Å². The summed E-state index contributed by atoms with van der Waals surface area (Å²) in [5.74, 6) is -0.0572. The molecule has 1 amide bonds. The second kappa shape index (κ2) is 6.47. The number of hydrogen-bond acceptors (Lipinski definition) is 3. The van der Waals surface area contributed by atoms with Crippen LogP contribution in [0.25, 0.3) is 0 Å². The molecule has 0 fully saturated rings. The van der Waals surface area contributed by atoms with Gasteiger partial charge in [0, 0.05) is 22.8 Å². The fourth-order valence-corrected chi connectivity index (χ4v) is 2.16. The fraction of sp³-hybridized carbons (Fsp3) is 0.308. The molecule has 0 radical (unpaired) electrons. The fourth-order valence-electron chi connectivity index (χ4n) is 1.80. The number of carbonyl (C=O) groups is 1. The first-order valence-corrected chi connectivity index (χ1v) is 6.90. The number of aryl methyl sites for hydroxylation is 1. The number of amides is 1. The monoisotopic (exact) mass is 322 g/mol. The van der Waals surface area contributed by atoms with Gasteiger partial charge in [0.1, 0.15) is 0 Å². The number of hydrogen-bond donors (Lipinski definition) is 1. The molecule has 0 bridgehead atoms. The van der Waals surface area contributed by atoms with Crippen LogP contribution >= 0.6 is 15.9 Å². The van der Waals surface area contributed by atoms with E-state index in [9.17, 15) is 4.79 Å². The summed E-state index contributed by atoms with van der Waals surface area (Å²) < 4.78 is 2.59. The highest BCUT2D eigenvalue weighted by molar-refractivity contribution is 9.10. The first kappa shape index (κ1) is 13.7. The Morgan fingerprint density at radius 1 is 1.47 bits per heavy atom. The molecule has 1 N–H and O–H groups in total. The van der Waals surface area contributed by atoms with E-state index in [2.05, 4.69) is 31.6 Å². The molecule has 5 nitrogen and oxygen atoms in total. The van der Waals surface area contributed by atoms with Crippen LogP contribution in [0.15, 0.2) is 35.1 Å². The van der Waals surface area contributed by atoms with Crippen LogP contribution in [-0.2, 0) is 13.0 Å². The maximum atomic E-state index is 12.1. The van der Waals surface area contributed by atoms with Crippen molar-refractivity contribution in [3.05, 3.63) is 46.2 Å². The van der Waals surface area contributed by atoms with Crippen molar-refractivity contribution < 1.29 is 4.79 Å². The third-order valence-corrected chi connectivity index (χ3v) is 3.29. The van der Waals surface area contributed by atoms with Gasteiger partial charge in [-0.15, -0.1) is 5.10 Å². The van der Waals surface area contributed by atoms with Gasteiger partial charge in [-0.1, -0.05) is 34.1 Å². The van der Waals surface area contributed by atoms with Gasteiger partial charge >= 0.3 is 0 Å². The Labute approximate surface area is 120 Å². The van der Waals surface area contributed by atoms with Gasteiger partial charge in [-0.05, 0) is 24.1 Å². The topological polar surface area (TPSA) is 59.8 Å².